The largest absolute Gasteiger partial charge is 0.497 e. The van der Waals surface area contributed by atoms with Gasteiger partial charge in [-0.2, -0.15) is 5.06 Å². The van der Waals surface area contributed by atoms with Crippen LogP contribution in [0, 0.1) is 0 Å². The molecule has 0 spiro atoms. The van der Waals surface area contributed by atoms with E-state index in [0.29, 0.717) is 6.54 Å². The molecule has 0 radical (unpaired) electrons. The Morgan fingerprint density at radius 3 is 2.67 bits per heavy atom. The van der Waals surface area contributed by atoms with E-state index < -0.39 is 0 Å². The predicted octanol–water partition coefficient (Wildman–Crippen LogP) is 3.70. The SMILES string of the molecule is COc1ccc(/C=C/[C@H]2c3ccccc3CCN2O)cc1. The molecule has 0 aliphatic carbocycles. The molecular formula is C18H19NO2. The number of fused-ring (bicyclic) bond motifs is 1. The van der Waals surface area contributed by atoms with Crippen LogP contribution in [0.4, 0.5) is 0 Å². The Balaban J connectivity index is 1.84. The van der Waals surface area contributed by atoms with Crippen molar-refractivity contribution in [2.45, 2.75) is 12.5 Å². The van der Waals surface area contributed by atoms with Crippen molar-refractivity contribution in [1.82, 2.24) is 5.06 Å². The number of ether oxygens (including phenoxy) is 1. The number of nitrogens with zero attached hydrogens (tertiary/aromatic N) is 1. The Labute approximate surface area is 125 Å². The minimum absolute atomic E-state index is 0.0861. The predicted molar refractivity (Wildman–Crippen MR) is 83.4 cm³/mol. The van der Waals surface area contributed by atoms with Crippen molar-refractivity contribution in [3.8, 4) is 5.75 Å². The molecule has 1 aliphatic heterocycles. The van der Waals surface area contributed by atoms with Gasteiger partial charge >= 0.3 is 0 Å². The quantitative estimate of drug-likeness (QED) is 0.931. The topological polar surface area (TPSA) is 32.7 Å². The van der Waals surface area contributed by atoms with Gasteiger partial charge in [-0.25, -0.2) is 0 Å². The van der Waals surface area contributed by atoms with Gasteiger partial charge in [0.25, 0.3) is 0 Å². The molecule has 0 amide bonds. The summed E-state index contributed by atoms with van der Waals surface area (Å²) < 4.78 is 5.15. The van der Waals surface area contributed by atoms with Crippen LogP contribution in [0.3, 0.4) is 0 Å². The lowest BCUT2D eigenvalue weighted by Gasteiger charge is -2.30. The Kier molecular flexibility index (Phi) is 4.04. The Bertz CT molecular complexity index is 634. The molecule has 1 N–H and O–H groups in total. The van der Waals surface area contributed by atoms with E-state index in [0.717, 1.165) is 17.7 Å². The molecule has 2 aromatic rings. The lowest BCUT2D eigenvalue weighted by Crippen LogP contribution is -2.31. The molecule has 3 rings (SSSR count). The van der Waals surface area contributed by atoms with Gasteiger partial charge in [0.05, 0.1) is 13.2 Å². The molecule has 0 aromatic heterocycles. The number of hydroxylamine groups is 2. The average molecular weight is 281 g/mol. The highest BCUT2D eigenvalue weighted by Gasteiger charge is 2.23. The van der Waals surface area contributed by atoms with Crippen molar-refractivity contribution in [2.75, 3.05) is 13.7 Å². The molecule has 108 valence electrons. The number of benzene rings is 2. The molecule has 0 bridgehead atoms. The molecule has 0 unspecified atom stereocenters. The van der Waals surface area contributed by atoms with Gasteiger partial charge in [-0.3, -0.25) is 0 Å². The van der Waals surface area contributed by atoms with Crippen molar-refractivity contribution in [3.05, 3.63) is 71.3 Å². The van der Waals surface area contributed by atoms with Crippen molar-refractivity contribution in [3.63, 3.8) is 0 Å². The maximum Gasteiger partial charge on any atom is 0.118 e. The number of rotatable bonds is 3. The molecular weight excluding hydrogens is 262 g/mol. The Morgan fingerprint density at radius 2 is 1.90 bits per heavy atom. The van der Waals surface area contributed by atoms with Gasteiger partial charge in [0, 0.05) is 6.54 Å². The number of hydrogen-bond donors (Lipinski definition) is 1. The van der Waals surface area contributed by atoms with E-state index in [1.54, 1.807) is 7.11 Å². The van der Waals surface area contributed by atoms with Crippen molar-refractivity contribution >= 4 is 6.08 Å². The van der Waals surface area contributed by atoms with Gasteiger partial charge in [-0.1, -0.05) is 48.6 Å². The molecule has 1 atom stereocenters. The van der Waals surface area contributed by atoms with Gasteiger partial charge in [0.2, 0.25) is 0 Å². The first kappa shape index (κ1) is 13.9. The van der Waals surface area contributed by atoms with Crippen LogP contribution in [-0.2, 0) is 6.42 Å². The normalized spacial score (nSPS) is 18.7. The molecule has 2 aromatic carbocycles. The van der Waals surface area contributed by atoms with Gasteiger partial charge in [0.1, 0.15) is 5.75 Å². The molecule has 1 aliphatic rings. The van der Waals surface area contributed by atoms with Crippen LogP contribution in [0.1, 0.15) is 22.7 Å². The highest BCUT2D eigenvalue weighted by molar-refractivity contribution is 5.52. The first-order chi connectivity index (χ1) is 10.3. The minimum atomic E-state index is -0.0861. The molecule has 0 saturated heterocycles. The van der Waals surface area contributed by atoms with E-state index in [4.69, 9.17) is 4.74 Å². The Hall–Kier alpha value is -2.10. The summed E-state index contributed by atoms with van der Waals surface area (Å²) in [7, 11) is 1.66. The smallest absolute Gasteiger partial charge is 0.118 e. The van der Waals surface area contributed by atoms with E-state index in [9.17, 15) is 5.21 Å². The highest BCUT2D eigenvalue weighted by atomic mass is 16.5. The van der Waals surface area contributed by atoms with E-state index >= 15 is 0 Å². The summed E-state index contributed by atoms with van der Waals surface area (Å²) in [4.78, 5) is 0. The second kappa shape index (κ2) is 6.12. The lowest BCUT2D eigenvalue weighted by atomic mass is 9.93. The van der Waals surface area contributed by atoms with Gasteiger partial charge in [0.15, 0.2) is 0 Å². The molecule has 3 nitrogen and oxygen atoms in total. The summed E-state index contributed by atoms with van der Waals surface area (Å²) in [6, 6.07) is 16.1. The van der Waals surface area contributed by atoms with Crippen LogP contribution < -0.4 is 4.74 Å². The minimum Gasteiger partial charge on any atom is -0.497 e. The molecule has 0 fully saturated rings. The van der Waals surface area contributed by atoms with Crippen LogP contribution in [0.2, 0.25) is 0 Å². The van der Waals surface area contributed by atoms with E-state index in [1.165, 1.54) is 16.2 Å². The second-order valence-corrected chi connectivity index (χ2v) is 5.19. The third-order valence-corrected chi connectivity index (χ3v) is 3.89. The Morgan fingerprint density at radius 1 is 1.14 bits per heavy atom. The highest BCUT2D eigenvalue weighted by Crippen LogP contribution is 2.29. The van der Waals surface area contributed by atoms with E-state index in [-0.39, 0.29) is 6.04 Å². The molecule has 1 heterocycles. The molecule has 3 heteroatoms. The summed E-state index contributed by atoms with van der Waals surface area (Å²) in [5.41, 5.74) is 3.58. The van der Waals surface area contributed by atoms with E-state index in [2.05, 4.69) is 18.2 Å². The fourth-order valence-corrected chi connectivity index (χ4v) is 2.71. The van der Waals surface area contributed by atoms with Crippen LogP contribution >= 0.6 is 0 Å². The van der Waals surface area contributed by atoms with Crippen LogP contribution in [0.5, 0.6) is 5.75 Å². The summed E-state index contributed by atoms with van der Waals surface area (Å²) in [5, 5.41) is 11.5. The third kappa shape index (κ3) is 2.99. The monoisotopic (exact) mass is 281 g/mol. The first-order valence-electron chi connectivity index (χ1n) is 7.13. The van der Waals surface area contributed by atoms with Crippen molar-refractivity contribution in [2.24, 2.45) is 0 Å². The fraction of sp³-hybridized carbons (Fsp3) is 0.222. The average Bonchev–Trinajstić information content (AvgIpc) is 2.54. The zero-order valence-electron chi connectivity index (χ0n) is 12.1. The first-order valence-corrected chi connectivity index (χ1v) is 7.13. The summed E-state index contributed by atoms with van der Waals surface area (Å²) >= 11 is 0. The zero-order chi connectivity index (χ0) is 14.7. The second-order valence-electron chi connectivity index (χ2n) is 5.19. The van der Waals surface area contributed by atoms with Gasteiger partial charge in [-0.05, 0) is 35.2 Å². The summed E-state index contributed by atoms with van der Waals surface area (Å²) in [5.74, 6) is 0.846. The summed E-state index contributed by atoms with van der Waals surface area (Å²) in [6.45, 7) is 0.661. The van der Waals surface area contributed by atoms with E-state index in [1.807, 2.05) is 42.5 Å². The molecule has 0 saturated carbocycles. The maximum atomic E-state index is 10.1. The maximum absolute atomic E-state index is 10.1. The summed E-state index contributed by atoms with van der Waals surface area (Å²) in [6.07, 6.45) is 4.97. The standard InChI is InChI=1S/C18H19NO2/c1-21-16-9-6-14(7-10-16)8-11-18-17-5-3-2-4-15(17)12-13-19(18)20/h2-11,18,20H,12-13H2,1H3/b11-8+/t18-/m0/s1. The number of hydrogen-bond acceptors (Lipinski definition) is 3. The van der Waals surface area contributed by atoms with Crippen LogP contribution in [-0.4, -0.2) is 23.9 Å². The fourth-order valence-electron chi connectivity index (χ4n) is 2.71. The number of methoxy groups -OCH3 is 1. The lowest BCUT2D eigenvalue weighted by molar-refractivity contribution is -0.119. The van der Waals surface area contributed by atoms with Crippen molar-refractivity contribution in [1.29, 1.82) is 0 Å². The molecule has 21 heavy (non-hydrogen) atoms. The van der Waals surface area contributed by atoms with Gasteiger partial charge in [-0.15, -0.1) is 0 Å². The van der Waals surface area contributed by atoms with Crippen molar-refractivity contribution < 1.29 is 9.94 Å². The van der Waals surface area contributed by atoms with Crippen LogP contribution in [0.25, 0.3) is 6.08 Å². The van der Waals surface area contributed by atoms with Gasteiger partial charge < -0.3 is 9.94 Å². The third-order valence-electron chi connectivity index (χ3n) is 3.89. The van der Waals surface area contributed by atoms with Crippen LogP contribution in [0.15, 0.2) is 54.6 Å². The zero-order valence-corrected chi connectivity index (χ0v) is 12.1.